The van der Waals surface area contributed by atoms with Gasteiger partial charge in [0.25, 0.3) is 0 Å². The number of amides is 1. The molecule has 1 rings (SSSR count). The van der Waals surface area contributed by atoms with Gasteiger partial charge in [-0.3, -0.25) is 4.79 Å². The van der Waals surface area contributed by atoms with Crippen molar-refractivity contribution in [1.29, 1.82) is 0 Å². The van der Waals surface area contributed by atoms with Crippen LogP contribution in [0.4, 0.5) is 0 Å². The van der Waals surface area contributed by atoms with Gasteiger partial charge in [-0.05, 0) is 25.8 Å². The fourth-order valence-electron chi connectivity index (χ4n) is 1.55. The minimum absolute atomic E-state index is 0.0564. The summed E-state index contributed by atoms with van der Waals surface area (Å²) >= 11 is 0. The largest absolute Gasteiger partial charge is 0.354 e. The first-order valence-electron chi connectivity index (χ1n) is 5.69. The molecule has 3 heteroatoms. The zero-order valence-electron chi connectivity index (χ0n) is 9.94. The van der Waals surface area contributed by atoms with Gasteiger partial charge in [-0.2, -0.15) is 0 Å². The van der Waals surface area contributed by atoms with Crippen molar-refractivity contribution in [2.75, 3.05) is 0 Å². The Morgan fingerprint density at radius 1 is 1.31 bits per heavy atom. The van der Waals surface area contributed by atoms with Crippen LogP contribution in [0, 0.1) is 0 Å². The van der Waals surface area contributed by atoms with Crippen molar-refractivity contribution in [1.82, 2.24) is 5.32 Å². The smallest absolute Gasteiger partial charge is 0.220 e. The van der Waals surface area contributed by atoms with Gasteiger partial charge >= 0.3 is 0 Å². The number of hydrogen-bond donors (Lipinski definition) is 2. The van der Waals surface area contributed by atoms with Gasteiger partial charge in [0, 0.05) is 18.5 Å². The normalized spacial score (nSPS) is 12.5. The zero-order chi connectivity index (χ0) is 12.0. The highest BCUT2D eigenvalue weighted by Gasteiger charge is 2.09. The quantitative estimate of drug-likeness (QED) is 0.797. The van der Waals surface area contributed by atoms with E-state index in [0.29, 0.717) is 12.8 Å². The average molecular weight is 220 g/mol. The molecule has 0 fully saturated rings. The second-order valence-electron chi connectivity index (χ2n) is 4.28. The monoisotopic (exact) mass is 220 g/mol. The number of carbonyl (C=O) groups is 1. The predicted octanol–water partition coefficient (Wildman–Crippen LogP) is 1.99. The summed E-state index contributed by atoms with van der Waals surface area (Å²) in [5.74, 6) is 0.0707. The van der Waals surface area contributed by atoms with E-state index in [-0.39, 0.29) is 18.0 Å². The predicted molar refractivity (Wildman–Crippen MR) is 65.9 cm³/mol. The van der Waals surface area contributed by atoms with E-state index in [9.17, 15) is 4.79 Å². The highest BCUT2D eigenvalue weighted by molar-refractivity contribution is 5.76. The van der Waals surface area contributed by atoms with Crippen LogP contribution in [0.3, 0.4) is 0 Å². The first-order chi connectivity index (χ1) is 7.59. The molecular formula is C13H20N2O. The summed E-state index contributed by atoms with van der Waals surface area (Å²) in [6.45, 7) is 3.91. The van der Waals surface area contributed by atoms with E-state index in [4.69, 9.17) is 5.73 Å². The number of nitrogens with one attached hydrogen (secondary N) is 1. The van der Waals surface area contributed by atoms with Gasteiger partial charge in [-0.15, -0.1) is 0 Å². The molecule has 0 radical (unpaired) electrons. The summed E-state index contributed by atoms with van der Waals surface area (Å²) in [4.78, 5) is 11.4. The van der Waals surface area contributed by atoms with Gasteiger partial charge in [0.2, 0.25) is 5.91 Å². The maximum Gasteiger partial charge on any atom is 0.220 e. The third-order valence-corrected chi connectivity index (χ3v) is 2.36. The van der Waals surface area contributed by atoms with Crippen LogP contribution in [-0.2, 0) is 4.79 Å². The molecule has 88 valence electrons. The molecule has 0 spiro atoms. The van der Waals surface area contributed by atoms with E-state index in [2.05, 4.69) is 5.32 Å². The fraction of sp³-hybridized carbons (Fsp3) is 0.462. The minimum atomic E-state index is -0.0564. The van der Waals surface area contributed by atoms with Crippen LogP contribution in [0.2, 0.25) is 0 Å². The molecule has 0 heterocycles. The molecule has 0 saturated heterocycles. The van der Waals surface area contributed by atoms with E-state index in [0.717, 1.165) is 5.56 Å². The zero-order valence-corrected chi connectivity index (χ0v) is 9.94. The van der Waals surface area contributed by atoms with Crippen LogP contribution < -0.4 is 11.1 Å². The van der Waals surface area contributed by atoms with Crippen molar-refractivity contribution in [2.24, 2.45) is 5.73 Å². The molecule has 3 N–H and O–H groups in total. The summed E-state index contributed by atoms with van der Waals surface area (Å²) < 4.78 is 0. The standard InChI is InChI=1S/C13H20N2O/c1-10(2)15-13(16)9-8-12(14)11-6-4-3-5-7-11/h3-7,10,12H,8-9,14H2,1-2H3,(H,15,16). The lowest BCUT2D eigenvalue weighted by molar-refractivity contribution is -0.121. The molecule has 1 aromatic carbocycles. The molecular weight excluding hydrogens is 200 g/mol. The van der Waals surface area contributed by atoms with Crippen LogP contribution in [0.1, 0.15) is 38.3 Å². The fourth-order valence-corrected chi connectivity index (χ4v) is 1.55. The second kappa shape index (κ2) is 6.28. The Morgan fingerprint density at radius 3 is 2.50 bits per heavy atom. The Balaban J connectivity index is 2.36. The molecule has 0 aliphatic carbocycles. The van der Waals surface area contributed by atoms with Gasteiger partial charge in [0.1, 0.15) is 0 Å². The topological polar surface area (TPSA) is 55.1 Å². The molecule has 1 unspecified atom stereocenters. The molecule has 1 atom stereocenters. The summed E-state index contributed by atoms with van der Waals surface area (Å²) in [6.07, 6.45) is 1.16. The first kappa shape index (κ1) is 12.7. The van der Waals surface area contributed by atoms with Crippen LogP contribution in [-0.4, -0.2) is 11.9 Å². The van der Waals surface area contributed by atoms with Crippen LogP contribution in [0.5, 0.6) is 0 Å². The van der Waals surface area contributed by atoms with Crippen molar-refractivity contribution in [3.05, 3.63) is 35.9 Å². The van der Waals surface area contributed by atoms with E-state index in [1.807, 2.05) is 44.2 Å². The van der Waals surface area contributed by atoms with Crippen molar-refractivity contribution in [3.8, 4) is 0 Å². The van der Waals surface area contributed by atoms with E-state index in [1.165, 1.54) is 0 Å². The summed E-state index contributed by atoms with van der Waals surface area (Å²) in [6, 6.07) is 10.0. The maximum atomic E-state index is 11.4. The Kier molecular flexibility index (Phi) is 4.99. The molecule has 0 bridgehead atoms. The first-order valence-corrected chi connectivity index (χ1v) is 5.69. The molecule has 0 saturated carbocycles. The number of carbonyl (C=O) groups excluding carboxylic acids is 1. The Labute approximate surface area is 97.0 Å². The van der Waals surface area contributed by atoms with E-state index < -0.39 is 0 Å². The van der Waals surface area contributed by atoms with Crippen LogP contribution >= 0.6 is 0 Å². The number of hydrogen-bond acceptors (Lipinski definition) is 2. The molecule has 0 aromatic heterocycles. The Hall–Kier alpha value is -1.35. The second-order valence-corrected chi connectivity index (χ2v) is 4.28. The molecule has 0 aliphatic rings. The van der Waals surface area contributed by atoms with Crippen molar-refractivity contribution in [3.63, 3.8) is 0 Å². The lowest BCUT2D eigenvalue weighted by Crippen LogP contribution is -2.30. The SMILES string of the molecule is CC(C)NC(=O)CCC(N)c1ccccc1. The van der Waals surface area contributed by atoms with Gasteiger partial charge in [-0.1, -0.05) is 30.3 Å². The number of benzene rings is 1. The molecule has 3 nitrogen and oxygen atoms in total. The number of rotatable bonds is 5. The van der Waals surface area contributed by atoms with Gasteiger partial charge in [-0.25, -0.2) is 0 Å². The lowest BCUT2D eigenvalue weighted by atomic mass is 10.0. The van der Waals surface area contributed by atoms with E-state index in [1.54, 1.807) is 0 Å². The van der Waals surface area contributed by atoms with Crippen molar-refractivity contribution < 1.29 is 4.79 Å². The summed E-state index contributed by atoms with van der Waals surface area (Å²) in [7, 11) is 0. The maximum absolute atomic E-state index is 11.4. The van der Waals surface area contributed by atoms with Crippen LogP contribution in [0.15, 0.2) is 30.3 Å². The summed E-state index contributed by atoms with van der Waals surface area (Å²) in [5.41, 5.74) is 7.08. The highest BCUT2D eigenvalue weighted by atomic mass is 16.1. The Bertz CT molecular complexity index is 322. The van der Waals surface area contributed by atoms with Gasteiger partial charge in [0.15, 0.2) is 0 Å². The van der Waals surface area contributed by atoms with Crippen LogP contribution in [0.25, 0.3) is 0 Å². The van der Waals surface area contributed by atoms with Crippen molar-refractivity contribution in [2.45, 2.75) is 38.8 Å². The van der Waals surface area contributed by atoms with Gasteiger partial charge < -0.3 is 11.1 Å². The molecule has 1 amide bonds. The third-order valence-electron chi connectivity index (χ3n) is 2.36. The molecule has 16 heavy (non-hydrogen) atoms. The lowest BCUT2D eigenvalue weighted by Gasteiger charge is -2.13. The molecule has 0 aliphatic heterocycles. The Morgan fingerprint density at radius 2 is 1.94 bits per heavy atom. The summed E-state index contributed by atoms with van der Waals surface area (Å²) in [5, 5.41) is 2.86. The van der Waals surface area contributed by atoms with Crippen molar-refractivity contribution >= 4 is 5.91 Å². The highest BCUT2D eigenvalue weighted by Crippen LogP contribution is 2.14. The minimum Gasteiger partial charge on any atom is -0.354 e. The average Bonchev–Trinajstić information content (AvgIpc) is 2.26. The molecule has 1 aromatic rings. The third kappa shape index (κ3) is 4.45. The number of nitrogens with two attached hydrogens (primary N) is 1. The van der Waals surface area contributed by atoms with Gasteiger partial charge in [0.05, 0.1) is 0 Å². The van der Waals surface area contributed by atoms with E-state index >= 15 is 0 Å².